The van der Waals surface area contributed by atoms with Gasteiger partial charge in [0.1, 0.15) is 6.61 Å². The minimum Gasteiger partial charge on any atom is -0.483 e. The Morgan fingerprint density at radius 2 is 1.97 bits per heavy atom. The highest BCUT2D eigenvalue weighted by molar-refractivity contribution is 5.83. The van der Waals surface area contributed by atoms with Gasteiger partial charge < -0.3 is 4.74 Å². The number of Topliss-reactive ketones (excluding diaryl/α,β-unsaturated/α-hetero) is 1. The fraction of sp³-hybridized carbons (Fsp3) is 0.840. The second-order valence-electron chi connectivity index (χ2n) is 11.1. The number of aryl methyl sites for hydroxylation is 1. The molecule has 0 aliphatic heterocycles. The average molecular weight is 399 g/mol. The molecule has 0 saturated heterocycles. The van der Waals surface area contributed by atoms with Crippen LogP contribution in [0.3, 0.4) is 0 Å². The Labute approximate surface area is 175 Å². The van der Waals surface area contributed by atoms with Gasteiger partial charge in [-0.1, -0.05) is 20.3 Å². The Morgan fingerprint density at radius 3 is 2.76 bits per heavy atom. The van der Waals surface area contributed by atoms with Crippen molar-refractivity contribution in [2.45, 2.75) is 71.6 Å². The smallest absolute Gasteiger partial charge is 0.173 e. The lowest BCUT2D eigenvalue weighted by molar-refractivity contribution is -0.132. The van der Waals surface area contributed by atoms with E-state index >= 15 is 0 Å². The minimum atomic E-state index is 0.189. The summed E-state index contributed by atoms with van der Waals surface area (Å²) in [4.78, 5) is 13.2. The largest absolute Gasteiger partial charge is 0.483 e. The molecular weight excluding hydrogens is 360 g/mol. The van der Waals surface area contributed by atoms with Crippen LogP contribution < -0.4 is 4.74 Å². The highest BCUT2D eigenvalue weighted by atomic mass is 16.5. The molecule has 0 bridgehead atoms. The number of hydrogen-bond donors (Lipinski definition) is 0. The van der Waals surface area contributed by atoms with Crippen LogP contribution in [-0.4, -0.2) is 22.2 Å². The van der Waals surface area contributed by atoms with Crippen LogP contribution in [0.25, 0.3) is 0 Å². The molecule has 29 heavy (non-hydrogen) atoms. The van der Waals surface area contributed by atoms with E-state index in [1.54, 1.807) is 10.9 Å². The van der Waals surface area contributed by atoms with Crippen LogP contribution in [0.15, 0.2) is 12.4 Å². The zero-order chi connectivity index (χ0) is 20.2. The Morgan fingerprint density at radius 1 is 1.14 bits per heavy atom. The number of carbonyl (C=O) groups excluding carboxylic acids is 1. The van der Waals surface area contributed by atoms with E-state index < -0.39 is 0 Å². The lowest BCUT2D eigenvalue weighted by Crippen LogP contribution is -2.49. The van der Waals surface area contributed by atoms with Crippen molar-refractivity contribution in [1.29, 1.82) is 0 Å². The van der Waals surface area contributed by atoms with E-state index in [1.807, 2.05) is 13.2 Å². The lowest BCUT2D eigenvalue weighted by Gasteiger charge is -2.56. The Hall–Kier alpha value is -1.32. The molecule has 0 aromatic carbocycles. The number of aromatic nitrogens is 2. The third-order valence-electron chi connectivity index (χ3n) is 9.67. The number of ketones is 1. The molecule has 1 heterocycles. The fourth-order valence-electron chi connectivity index (χ4n) is 8.35. The molecule has 3 unspecified atom stereocenters. The molecule has 4 nitrogen and oxygen atoms in total. The number of ether oxygens (including phenoxy) is 1. The summed E-state index contributed by atoms with van der Waals surface area (Å²) in [6, 6.07) is 0. The monoisotopic (exact) mass is 398 g/mol. The first-order chi connectivity index (χ1) is 14.0. The molecule has 0 amide bonds. The topological polar surface area (TPSA) is 44.1 Å². The molecule has 1 aromatic heterocycles. The molecule has 1 aromatic rings. The van der Waals surface area contributed by atoms with E-state index in [0.29, 0.717) is 11.5 Å². The van der Waals surface area contributed by atoms with Gasteiger partial charge in [-0.05, 0) is 92.3 Å². The number of nitrogens with zero attached hydrogens (tertiary/aromatic N) is 2. The maximum absolute atomic E-state index is 13.2. The zero-order valence-electron chi connectivity index (χ0n) is 18.5. The summed E-state index contributed by atoms with van der Waals surface area (Å²) in [5, 5.41) is 4.13. The average Bonchev–Trinajstić information content (AvgIpc) is 3.28. The predicted octanol–water partition coefficient (Wildman–Crippen LogP) is 5.27. The third-order valence-corrected chi connectivity index (χ3v) is 9.67. The first kappa shape index (κ1) is 19.6. The number of carbonyl (C=O) groups is 1. The van der Waals surface area contributed by atoms with Gasteiger partial charge in [-0.15, -0.1) is 0 Å². The molecule has 0 spiro atoms. The van der Waals surface area contributed by atoms with Gasteiger partial charge in [0, 0.05) is 13.0 Å². The standard InChI is InChI=1S/C25H38N2O2/c1-16-4-6-19-17(12-16)5-7-21-20(19)10-11-25(2)22(21)8-9-23(25)24(28)15-29-18-13-26-27(3)14-18/h13-14,16-17,19-23H,4-12,15H2,1-3H3/t16-,17+,19?,20?,21+,22?,23+,25-/m0/s1. The molecule has 4 saturated carbocycles. The molecule has 0 N–H and O–H groups in total. The van der Waals surface area contributed by atoms with Crippen molar-refractivity contribution < 1.29 is 9.53 Å². The summed E-state index contributed by atoms with van der Waals surface area (Å²) in [5.41, 5.74) is 0.200. The summed E-state index contributed by atoms with van der Waals surface area (Å²) in [6.45, 7) is 5.11. The van der Waals surface area contributed by atoms with Gasteiger partial charge in [0.15, 0.2) is 11.5 Å². The maximum Gasteiger partial charge on any atom is 0.173 e. The minimum absolute atomic E-state index is 0.189. The van der Waals surface area contributed by atoms with Crippen LogP contribution in [0.2, 0.25) is 0 Å². The van der Waals surface area contributed by atoms with Crippen LogP contribution >= 0.6 is 0 Å². The van der Waals surface area contributed by atoms with Crippen molar-refractivity contribution in [3.8, 4) is 5.75 Å². The van der Waals surface area contributed by atoms with E-state index in [-0.39, 0.29) is 17.9 Å². The molecule has 160 valence electrons. The molecule has 4 aliphatic rings. The normalized spacial score (nSPS) is 43.9. The number of rotatable bonds is 4. The number of fused-ring (bicyclic) bond motifs is 5. The van der Waals surface area contributed by atoms with E-state index in [4.69, 9.17) is 4.74 Å². The zero-order valence-corrected chi connectivity index (χ0v) is 18.5. The fourth-order valence-corrected chi connectivity index (χ4v) is 8.35. The molecule has 4 heteroatoms. The highest BCUT2D eigenvalue weighted by Crippen LogP contribution is 2.64. The molecular formula is C25H38N2O2. The van der Waals surface area contributed by atoms with Crippen molar-refractivity contribution in [2.75, 3.05) is 6.61 Å². The van der Waals surface area contributed by atoms with Crippen LogP contribution in [0.5, 0.6) is 5.75 Å². The molecule has 4 fully saturated rings. The van der Waals surface area contributed by atoms with Gasteiger partial charge in [-0.2, -0.15) is 5.10 Å². The van der Waals surface area contributed by atoms with Crippen molar-refractivity contribution in [2.24, 2.45) is 53.9 Å². The van der Waals surface area contributed by atoms with Crippen LogP contribution in [0.4, 0.5) is 0 Å². The summed E-state index contributed by atoms with van der Waals surface area (Å²) in [6.07, 6.45) is 15.7. The van der Waals surface area contributed by atoms with Crippen molar-refractivity contribution in [3.63, 3.8) is 0 Å². The summed E-state index contributed by atoms with van der Waals surface area (Å²) < 4.78 is 7.50. The first-order valence-electron chi connectivity index (χ1n) is 12.1. The maximum atomic E-state index is 13.2. The number of hydrogen-bond acceptors (Lipinski definition) is 3. The van der Waals surface area contributed by atoms with Gasteiger partial charge in [-0.3, -0.25) is 9.48 Å². The van der Waals surface area contributed by atoms with E-state index in [0.717, 1.165) is 41.9 Å². The Balaban J connectivity index is 1.27. The van der Waals surface area contributed by atoms with Gasteiger partial charge in [0.2, 0.25) is 0 Å². The Kier molecular flexibility index (Phi) is 5.03. The predicted molar refractivity (Wildman–Crippen MR) is 113 cm³/mol. The van der Waals surface area contributed by atoms with Crippen LogP contribution in [0.1, 0.15) is 71.6 Å². The van der Waals surface area contributed by atoms with Gasteiger partial charge in [0.05, 0.1) is 12.4 Å². The van der Waals surface area contributed by atoms with Crippen LogP contribution in [-0.2, 0) is 11.8 Å². The second kappa shape index (κ2) is 7.42. The van der Waals surface area contributed by atoms with Crippen LogP contribution in [0, 0.1) is 46.8 Å². The van der Waals surface area contributed by atoms with Gasteiger partial charge in [0.25, 0.3) is 0 Å². The second-order valence-corrected chi connectivity index (χ2v) is 11.1. The third kappa shape index (κ3) is 3.35. The van der Waals surface area contributed by atoms with Gasteiger partial charge in [-0.25, -0.2) is 0 Å². The van der Waals surface area contributed by atoms with E-state index in [1.165, 1.54) is 51.4 Å². The molecule has 5 rings (SSSR count). The van der Waals surface area contributed by atoms with E-state index in [2.05, 4.69) is 18.9 Å². The molecule has 0 radical (unpaired) electrons. The molecule has 8 atom stereocenters. The summed E-state index contributed by atoms with van der Waals surface area (Å²) >= 11 is 0. The van der Waals surface area contributed by atoms with Crippen molar-refractivity contribution >= 4 is 5.78 Å². The van der Waals surface area contributed by atoms with E-state index in [9.17, 15) is 4.79 Å². The quantitative estimate of drug-likeness (QED) is 0.694. The first-order valence-corrected chi connectivity index (χ1v) is 12.1. The van der Waals surface area contributed by atoms with Crippen molar-refractivity contribution in [3.05, 3.63) is 12.4 Å². The van der Waals surface area contributed by atoms with Crippen molar-refractivity contribution in [1.82, 2.24) is 9.78 Å². The SMILES string of the molecule is C[C@H]1CCC2C3CC[C@@]4(C)C(CC[C@@H]4C(=O)COc4cnn(C)c4)[C@@H]3CC[C@@H]2C1. The summed E-state index contributed by atoms with van der Waals surface area (Å²) in [5.74, 6) is 6.71. The summed E-state index contributed by atoms with van der Waals surface area (Å²) in [7, 11) is 1.87. The Bertz CT molecular complexity index is 758. The van der Waals surface area contributed by atoms with Gasteiger partial charge >= 0.3 is 0 Å². The highest BCUT2D eigenvalue weighted by Gasteiger charge is 2.58. The lowest BCUT2D eigenvalue weighted by atomic mass is 9.49. The molecule has 4 aliphatic carbocycles.